The van der Waals surface area contributed by atoms with Crippen molar-refractivity contribution in [2.75, 3.05) is 0 Å². The van der Waals surface area contributed by atoms with E-state index in [2.05, 4.69) is 208 Å². The summed E-state index contributed by atoms with van der Waals surface area (Å²) in [4.78, 5) is 0. The van der Waals surface area contributed by atoms with Gasteiger partial charge in [-0.3, -0.25) is 0 Å². The molecule has 0 nitrogen and oxygen atoms in total. The van der Waals surface area contributed by atoms with Crippen molar-refractivity contribution >= 4 is 64.6 Å². The molecule has 0 bridgehead atoms. The monoisotopic (exact) mass is 722 g/mol. The van der Waals surface area contributed by atoms with E-state index in [0.29, 0.717) is 0 Å². The van der Waals surface area contributed by atoms with Crippen LogP contribution in [0.1, 0.15) is 25.0 Å². The molecule has 0 saturated heterocycles. The molecule has 0 aliphatic heterocycles. The Hall–Kier alpha value is -7.02. The molecule has 266 valence electrons. The summed E-state index contributed by atoms with van der Waals surface area (Å²) in [7, 11) is 0. The van der Waals surface area contributed by atoms with Crippen LogP contribution in [0.4, 0.5) is 0 Å². The number of rotatable bonds is 3. The van der Waals surface area contributed by atoms with E-state index in [1.165, 1.54) is 120 Å². The Morgan fingerprint density at radius 2 is 0.789 bits per heavy atom. The van der Waals surface area contributed by atoms with Gasteiger partial charge in [-0.05, 0) is 138 Å². The van der Waals surface area contributed by atoms with Crippen LogP contribution in [0.25, 0.3) is 109 Å². The molecule has 1 aliphatic carbocycles. The van der Waals surface area contributed by atoms with Gasteiger partial charge in [-0.2, -0.15) is 0 Å². The number of hydrogen-bond donors (Lipinski definition) is 0. The fourth-order valence-electron chi connectivity index (χ4n) is 10.4. The smallest absolute Gasteiger partial charge is 0.0159 e. The third-order valence-electron chi connectivity index (χ3n) is 13.0. The molecular weight excluding hydrogens is 685 g/mol. The molecule has 11 aromatic carbocycles. The molecule has 0 saturated carbocycles. The summed E-state index contributed by atoms with van der Waals surface area (Å²) in [5.41, 5.74) is 13.0. The van der Waals surface area contributed by atoms with Crippen molar-refractivity contribution in [3.05, 3.63) is 205 Å². The van der Waals surface area contributed by atoms with E-state index in [1.807, 2.05) is 0 Å². The summed E-state index contributed by atoms with van der Waals surface area (Å²) in [6.45, 7) is 4.74. The Kier molecular flexibility index (Phi) is 6.78. The van der Waals surface area contributed by atoms with Crippen molar-refractivity contribution in [3.63, 3.8) is 0 Å². The van der Waals surface area contributed by atoms with E-state index < -0.39 is 0 Å². The summed E-state index contributed by atoms with van der Waals surface area (Å²) < 4.78 is 0. The van der Waals surface area contributed by atoms with Crippen LogP contribution in [0.3, 0.4) is 0 Å². The molecule has 0 atom stereocenters. The molecule has 0 heterocycles. The molecular formula is C57H38. The Balaban J connectivity index is 1.09. The predicted octanol–water partition coefficient (Wildman–Crippen LogP) is 15.9. The second-order valence-electron chi connectivity index (χ2n) is 16.4. The molecule has 0 amide bonds. The van der Waals surface area contributed by atoms with Crippen LogP contribution in [0.15, 0.2) is 194 Å². The first-order chi connectivity index (χ1) is 28.0. The Bertz CT molecular complexity index is 3430. The highest BCUT2D eigenvalue weighted by molar-refractivity contribution is 6.28. The SMILES string of the molecule is CC1(C)c2ccc(-c3cccc(-c4c5ccccc5c(-c5cc6ccc7ccccc7c6c6ccccc56)c5ccccc45)c3)cc2-c2c1ccc1ccccc21. The van der Waals surface area contributed by atoms with Crippen molar-refractivity contribution < 1.29 is 0 Å². The highest BCUT2D eigenvalue weighted by Crippen LogP contribution is 2.53. The van der Waals surface area contributed by atoms with Crippen LogP contribution in [0.2, 0.25) is 0 Å². The molecule has 0 aromatic heterocycles. The van der Waals surface area contributed by atoms with Crippen molar-refractivity contribution in [3.8, 4) is 44.5 Å². The lowest BCUT2D eigenvalue weighted by atomic mass is 9.81. The molecule has 0 radical (unpaired) electrons. The summed E-state index contributed by atoms with van der Waals surface area (Å²) in [6.07, 6.45) is 0. The first kappa shape index (κ1) is 32.2. The molecule has 1 aliphatic rings. The van der Waals surface area contributed by atoms with Crippen LogP contribution in [0, 0.1) is 0 Å². The standard InChI is InChI=1S/C57H38/c1-57(2)51-30-29-38(33-50(51)56-42-19-6-4-15-36(42)28-31-52(56)57)37-16-13-17-39(32-37)54-45-22-9-11-24-47(45)55(48-25-12-10-23-46(48)54)49-34-40-27-26-35-14-3-5-18-41(35)53(40)44-21-8-7-20-43(44)49/h3-34H,1-2H3. The van der Waals surface area contributed by atoms with Gasteiger partial charge in [0.05, 0.1) is 0 Å². The van der Waals surface area contributed by atoms with Crippen LogP contribution in [0.5, 0.6) is 0 Å². The maximum absolute atomic E-state index is 2.45. The summed E-state index contributed by atoms with van der Waals surface area (Å²) in [6, 6.07) is 72.7. The van der Waals surface area contributed by atoms with Crippen LogP contribution in [-0.2, 0) is 5.41 Å². The Labute approximate surface area is 332 Å². The fraction of sp³-hybridized carbons (Fsp3) is 0.0526. The summed E-state index contributed by atoms with van der Waals surface area (Å²) in [5, 5.41) is 15.4. The molecule has 0 heteroatoms. The molecule has 0 unspecified atom stereocenters. The van der Waals surface area contributed by atoms with E-state index in [4.69, 9.17) is 0 Å². The van der Waals surface area contributed by atoms with Gasteiger partial charge in [-0.25, -0.2) is 0 Å². The second kappa shape index (κ2) is 12.0. The molecule has 11 aromatic rings. The lowest BCUT2D eigenvalue weighted by Gasteiger charge is -2.22. The quantitative estimate of drug-likeness (QED) is 0.126. The zero-order valence-electron chi connectivity index (χ0n) is 32.0. The predicted molar refractivity (Wildman–Crippen MR) is 245 cm³/mol. The minimum Gasteiger partial charge on any atom is -0.0616 e. The van der Waals surface area contributed by atoms with Crippen molar-refractivity contribution in [1.82, 2.24) is 0 Å². The van der Waals surface area contributed by atoms with Gasteiger partial charge in [0.2, 0.25) is 0 Å². The average molecular weight is 723 g/mol. The summed E-state index contributed by atoms with van der Waals surface area (Å²) >= 11 is 0. The van der Waals surface area contributed by atoms with Gasteiger partial charge in [-0.1, -0.05) is 190 Å². The van der Waals surface area contributed by atoms with Gasteiger partial charge in [0.25, 0.3) is 0 Å². The normalized spacial score (nSPS) is 13.2. The number of benzene rings is 11. The molecule has 0 N–H and O–H groups in total. The van der Waals surface area contributed by atoms with E-state index >= 15 is 0 Å². The van der Waals surface area contributed by atoms with Gasteiger partial charge >= 0.3 is 0 Å². The second-order valence-corrected chi connectivity index (χ2v) is 16.4. The van der Waals surface area contributed by atoms with E-state index in [9.17, 15) is 0 Å². The van der Waals surface area contributed by atoms with Gasteiger partial charge in [0.15, 0.2) is 0 Å². The first-order valence-corrected chi connectivity index (χ1v) is 20.1. The fourth-order valence-corrected chi connectivity index (χ4v) is 10.4. The number of hydrogen-bond acceptors (Lipinski definition) is 0. The lowest BCUT2D eigenvalue weighted by molar-refractivity contribution is 0.661. The van der Waals surface area contributed by atoms with Crippen LogP contribution >= 0.6 is 0 Å². The molecule has 0 fully saturated rings. The largest absolute Gasteiger partial charge is 0.0616 e. The molecule has 57 heavy (non-hydrogen) atoms. The van der Waals surface area contributed by atoms with Gasteiger partial charge < -0.3 is 0 Å². The van der Waals surface area contributed by atoms with Crippen LogP contribution in [-0.4, -0.2) is 0 Å². The van der Waals surface area contributed by atoms with Gasteiger partial charge in [0, 0.05) is 5.41 Å². The topological polar surface area (TPSA) is 0 Å². The highest BCUT2D eigenvalue weighted by Gasteiger charge is 2.36. The lowest BCUT2D eigenvalue weighted by Crippen LogP contribution is -2.14. The number of fused-ring (bicyclic) bond motifs is 12. The maximum atomic E-state index is 2.45. The van der Waals surface area contributed by atoms with Gasteiger partial charge in [-0.15, -0.1) is 0 Å². The Morgan fingerprint density at radius 3 is 1.51 bits per heavy atom. The van der Waals surface area contributed by atoms with E-state index in [-0.39, 0.29) is 5.41 Å². The maximum Gasteiger partial charge on any atom is 0.0159 e. The third kappa shape index (κ3) is 4.62. The van der Waals surface area contributed by atoms with E-state index in [0.717, 1.165) is 0 Å². The Morgan fingerprint density at radius 1 is 0.281 bits per heavy atom. The zero-order valence-corrected chi connectivity index (χ0v) is 32.0. The third-order valence-corrected chi connectivity index (χ3v) is 13.0. The zero-order chi connectivity index (χ0) is 37.8. The van der Waals surface area contributed by atoms with Crippen molar-refractivity contribution in [2.45, 2.75) is 19.3 Å². The minimum atomic E-state index is -0.0567. The molecule has 12 rings (SSSR count). The minimum absolute atomic E-state index is 0.0567. The first-order valence-electron chi connectivity index (χ1n) is 20.1. The van der Waals surface area contributed by atoms with Crippen molar-refractivity contribution in [2.24, 2.45) is 0 Å². The van der Waals surface area contributed by atoms with E-state index in [1.54, 1.807) is 0 Å². The average Bonchev–Trinajstić information content (AvgIpc) is 3.50. The molecule has 0 spiro atoms. The van der Waals surface area contributed by atoms with Gasteiger partial charge in [0.1, 0.15) is 0 Å². The summed E-state index contributed by atoms with van der Waals surface area (Å²) in [5.74, 6) is 0. The van der Waals surface area contributed by atoms with Crippen molar-refractivity contribution in [1.29, 1.82) is 0 Å². The highest BCUT2D eigenvalue weighted by atomic mass is 14.4. The van der Waals surface area contributed by atoms with Crippen LogP contribution < -0.4 is 0 Å².